The second-order valence-electron chi connectivity index (χ2n) is 8.95. The van der Waals surface area contributed by atoms with Crippen LogP contribution in [-0.4, -0.2) is 53.7 Å². The van der Waals surface area contributed by atoms with Crippen LogP contribution in [0, 0.1) is 30.0 Å². The zero-order chi connectivity index (χ0) is 24.5. The summed E-state index contributed by atoms with van der Waals surface area (Å²) in [5, 5.41) is 11.8. The Hall–Kier alpha value is -3.38. The number of rotatable bonds is 5. The van der Waals surface area contributed by atoms with Gasteiger partial charge in [0.05, 0.1) is 11.6 Å². The highest BCUT2D eigenvalue weighted by atomic mass is 19.3. The molecule has 0 radical (unpaired) electrons. The van der Waals surface area contributed by atoms with Crippen LogP contribution < -0.4 is 5.32 Å². The van der Waals surface area contributed by atoms with E-state index in [1.165, 1.54) is 18.2 Å². The molecule has 2 aliphatic rings. The quantitative estimate of drug-likeness (QED) is 0.718. The standard InChI is InChI=1S/C25H25F3N4O2/c1-16-19(15-31-5-7-32(8-6-31)24(34)20-12-25(27,28)13-20)10-21(26)11-22(16)30-23(33)18-4-2-3-17(9-18)14-29/h2-4,9-11,20H,5-8,12-13,15H2,1H3,(H,30,33). The normalized spacial score (nSPS) is 18.1. The first kappa shape index (κ1) is 23.8. The third-order valence-electron chi connectivity index (χ3n) is 6.50. The lowest BCUT2D eigenvalue weighted by molar-refractivity contribution is -0.161. The first-order valence-corrected chi connectivity index (χ1v) is 11.1. The van der Waals surface area contributed by atoms with E-state index in [4.69, 9.17) is 5.26 Å². The Kier molecular flexibility index (Phi) is 6.62. The van der Waals surface area contributed by atoms with Crippen molar-refractivity contribution in [3.05, 3.63) is 64.5 Å². The first-order chi connectivity index (χ1) is 16.1. The van der Waals surface area contributed by atoms with Crippen LogP contribution in [0.25, 0.3) is 0 Å². The number of carbonyl (C=O) groups is 2. The number of benzene rings is 2. The summed E-state index contributed by atoms with van der Waals surface area (Å²) in [6, 6.07) is 10.9. The molecule has 0 bridgehead atoms. The molecule has 1 aliphatic carbocycles. The van der Waals surface area contributed by atoms with Gasteiger partial charge >= 0.3 is 0 Å². The van der Waals surface area contributed by atoms with Crippen LogP contribution in [0.15, 0.2) is 36.4 Å². The van der Waals surface area contributed by atoms with Gasteiger partial charge in [-0.1, -0.05) is 6.07 Å². The Morgan fingerprint density at radius 3 is 2.50 bits per heavy atom. The van der Waals surface area contributed by atoms with Crippen LogP contribution in [0.1, 0.15) is 39.9 Å². The molecule has 1 aliphatic heterocycles. The van der Waals surface area contributed by atoms with Crippen LogP contribution in [0.4, 0.5) is 18.9 Å². The number of piperazine rings is 1. The average Bonchev–Trinajstić information content (AvgIpc) is 2.80. The van der Waals surface area contributed by atoms with Gasteiger partial charge in [0.1, 0.15) is 5.82 Å². The summed E-state index contributed by atoms with van der Waals surface area (Å²) in [4.78, 5) is 28.7. The van der Waals surface area contributed by atoms with Crippen molar-refractivity contribution in [2.24, 2.45) is 5.92 Å². The molecule has 2 aromatic carbocycles. The molecule has 0 aromatic heterocycles. The van der Waals surface area contributed by atoms with Gasteiger partial charge in [-0.05, 0) is 48.4 Å². The van der Waals surface area contributed by atoms with Crippen molar-refractivity contribution in [3.8, 4) is 6.07 Å². The fourth-order valence-corrected chi connectivity index (χ4v) is 4.42. The number of nitrogens with one attached hydrogen (secondary N) is 1. The highest BCUT2D eigenvalue weighted by molar-refractivity contribution is 6.04. The maximum absolute atomic E-state index is 14.4. The first-order valence-electron chi connectivity index (χ1n) is 11.1. The summed E-state index contributed by atoms with van der Waals surface area (Å²) >= 11 is 0. The maximum atomic E-state index is 14.4. The van der Waals surface area contributed by atoms with E-state index in [1.54, 1.807) is 30.0 Å². The monoisotopic (exact) mass is 470 g/mol. The topological polar surface area (TPSA) is 76.4 Å². The summed E-state index contributed by atoms with van der Waals surface area (Å²) in [5.74, 6) is -4.44. The smallest absolute Gasteiger partial charge is 0.255 e. The van der Waals surface area contributed by atoms with Crippen LogP contribution in [0.3, 0.4) is 0 Å². The number of alkyl halides is 2. The van der Waals surface area contributed by atoms with Crippen LogP contribution in [-0.2, 0) is 11.3 Å². The van der Waals surface area contributed by atoms with E-state index in [9.17, 15) is 22.8 Å². The number of amides is 2. The number of anilines is 1. The minimum absolute atomic E-state index is 0.210. The van der Waals surface area contributed by atoms with E-state index in [-0.39, 0.29) is 18.7 Å². The van der Waals surface area contributed by atoms with Gasteiger partial charge in [-0.2, -0.15) is 5.26 Å². The Labute approximate surface area is 196 Å². The summed E-state index contributed by atoms with van der Waals surface area (Å²) in [7, 11) is 0. The van der Waals surface area contributed by atoms with Gasteiger partial charge in [-0.3, -0.25) is 14.5 Å². The number of carbonyl (C=O) groups excluding carboxylic acids is 2. The van der Waals surface area contributed by atoms with Gasteiger partial charge in [-0.15, -0.1) is 0 Å². The van der Waals surface area contributed by atoms with Crippen LogP contribution in [0.2, 0.25) is 0 Å². The lowest BCUT2D eigenvalue weighted by atomic mass is 9.80. The molecule has 0 atom stereocenters. The minimum Gasteiger partial charge on any atom is -0.340 e. The molecule has 2 aromatic rings. The van der Waals surface area contributed by atoms with E-state index < -0.39 is 23.6 Å². The van der Waals surface area contributed by atoms with Gasteiger partial charge in [0.2, 0.25) is 11.8 Å². The molecule has 4 rings (SSSR count). The lowest BCUT2D eigenvalue weighted by Gasteiger charge is -2.40. The lowest BCUT2D eigenvalue weighted by Crippen LogP contribution is -2.53. The van der Waals surface area contributed by atoms with Gasteiger partial charge in [-0.25, -0.2) is 13.2 Å². The number of hydrogen-bond acceptors (Lipinski definition) is 4. The predicted molar refractivity (Wildman–Crippen MR) is 120 cm³/mol. The summed E-state index contributed by atoms with van der Waals surface area (Å²) in [6.07, 6.45) is -0.742. The van der Waals surface area contributed by atoms with Gasteiger partial charge < -0.3 is 10.2 Å². The molecule has 1 heterocycles. The molecule has 0 spiro atoms. The van der Waals surface area contributed by atoms with E-state index in [2.05, 4.69) is 10.2 Å². The summed E-state index contributed by atoms with van der Waals surface area (Å²) < 4.78 is 40.5. The van der Waals surface area contributed by atoms with Crippen molar-refractivity contribution in [3.63, 3.8) is 0 Å². The van der Waals surface area contributed by atoms with E-state index in [1.807, 2.05) is 6.07 Å². The predicted octanol–water partition coefficient (Wildman–Crippen LogP) is 3.95. The van der Waals surface area contributed by atoms with Gasteiger partial charge in [0.25, 0.3) is 5.91 Å². The average molecular weight is 470 g/mol. The molecule has 2 amide bonds. The molecular weight excluding hydrogens is 445 g/mol. The van der Waals surface area contributed by atoms with Gasteiger partial charge in [0.15, 0.2) is 0 Å². The van der Waals surface area contributed by atoms with E-state index in [0.717, 1.165) is 5.56 Å². The fourth-order valence-electron chi connectivity index (χ4n) is 4.42. The Morgan fingerprint density at radius 2 is 1.85 bits per heavy atom. The number of halogens is 3. The highest BCUT2D eigenvalue weighted by Crippen LogP contribution is 2.43. The number of hydrogen-bond donors (Lipinski definition) is 1. The minimum atomic E-state index is -2.72. The largest absolute Gasteiger partial charge is 0.340 e. The molecule has 1 saturated carbocycles. The Balaban J connectivity index is 1.38. The molecule has 178 valence electrons. The summed E-state index contributed by atoms with van der Waals surface area (Å²) in [5.41, 5.74) is 2.44. The molecule has 34 heavy (non-hydrogen) atoms. The third kappa shape index (κ3) is 5.23. The number of nitriles is 1. The van der Waals surface area contributed by atoms with Crippen molar-refractivity contribution >= 4 is 17.5 Å². The van der Waals surface area contributed by atoms with Crippen molar-refractivity contribution in [1.29, 1.82) is 5.26 Å². The highest BCUT2D eigenvalue weighted by Gasteiger charge is 2.49. The van der Waals surface area contributed by atoms with Crippen LogP contribution >= 0.6 is 0 Å². The fraction of sp³-hybridized carbons (Fsp3) is 0.400. The number of nitrogens with zero attached hydrogens (tertiary/aromatic N) is 3. The molecule has 0 unspecified atom stereocenters. The molecule has 1 saturated heterocycles. The zero-order valence-corrected chi connectivity index (χ0v) is 18.8. The van der Waals surface area contributed by atoms with E-state index in [0.29, 0.717) is 55.1 Å². The van der Waals surface area contributed by atoms with Crippen LogP contribution in [0.5, 0.6) is 0 Å². The van der Waals surface area contributed by atoms with Crippen molar-refractivity contribution in [1.82, 2.24) is 9.80 Å². The van der Waals surface area contributed by atoms with Crippen molar-refractivity contribution < 1.29 is 22.8 Å². The second kappa shape index (κ2) is 9.47. The van der Waals surface area contributed by atoms with Gasteiger partial charge in [0, 0.05) is 62.7 Å². The zero-order valence-electron chi connectivity index (χ0n) is 18.8. The molecule has 2 fully saturated rings. The molecular formula is C25H25F3N4O2. The Bertz CT molecular complexity index is 1150. The second-order valence-corrected chi connectivity index (χ2v) is 8.95. The summed E-state index contributed by atoms with van der Waals surface area (Å²) in [6.45, 7) is 4.20. The van der Waals surface area contributed by atoms with Crippen molar-refractivity contribution in [2.75, 3.05) is 31.5 Å². The van der Waals surface area contributed by atoms with Crippen molar-refractivity contribution in [2.45, 2.75) is 32.2 Å². The molecule has 9 heteroatoms. The molecule has 1 N–H and O–H groups in total. The maximum Gasteiger partial charge on any atom is 0.255 e. The third-order valence-corrected chi connectivity index (χ3v) is 6.50. The molecule has 6 nitrogen and oxygen atoms in total. The SMILES string of the molecule is Cc1c(CN2CCN(C(=O)C3CC(F)(F)C3)CC2)cc(F)cc1NC(=O)c1cccc(C#N)c1. The van der Waals surface area contributed by atoms with E-state index >= 15 is 0 Å². The Morgan fingerprint density at radius 1 is 1.15 bits per heavy atom.